The number of rotatable bonds is 13. The second-order valence-electron chi connectivity index (χ2n) is 9.23. The Hall–Kier alpha value is -1.97. The van der Waals surface area contributed by atoms with Gasteiger partial charge in [-0.05, 0) is 89.0 Å². The van der Waals surface area contributed by atoms with Crippen LogP contribution in [0.5, 0.6) is 11.5 Å². The number of ether oxygens (including phenoxy) is 2. The van der Waals surface area contributed by atoms with Crippen LogP contribution in [0.4, 0.5) is 0 Å². The summed E-state index contributed by atoms with van der Waals surface area (Å²) in [6, 6.07) is 0. The number of aliphatic carboxylic acids is 1. The lowest BCUT2D eigenvalue weighted by molar-refractivity contribution is -0.137. The fourth-order valence-electron chi connectivity index (χ4n) is 4.34. The molecule has 31 heavy (non-hydrogen) atoms. The molecule has 1 aliphatic rings. The number of hydrogen-bond donors (Lipinski definition) is 1. The van der Waals surface area contributed by atoms with Crippen LogP contribution in [0.25, 0.3) is 0 Å². The van der Waals surface area contributed by atoms with Gasteiger partial charge in [0.15, 0.2) is 0 Å². The van der Waals surface area contributed by atoms with Crippen LogP contribution in [0.2, 0.25) is 0 Å². The first-order valence-electron chi connectivity index (χ1n) is 12.1. The lowest BCUT2D eigenvalue weighted by Crippen LogP contribution is -2.35. The molecule has 2 rings (SSSR count). The second kappa shape index (κ2) is 12.2. The molecule has 0 aromatic heterocycles. The fraction of sp³-hybridized carbons (Fsp3) is 0.667. The standard InChI is InChI=1S/C27H42O4/c1-6-7-8-9-10-11-13-17-27(5)18-16-23-22(4)25(20(2)21(3)26(23)31-27)30-19-14-12-15-24(28)29/h13,17H,6-12,14-16,18-19H2,1-5H3,(H,28,29). The van der Waals surface area contributed by atoms with Crippen molar-refractivity contribution in [3.8, 4) is 11.5 Å². The van der Waals surface area contributed by atoms with E-state index in [0.29, 0.717) is 13.0 Å². The summed E-state index contributed by atoms with van der Waals surface area (Å²) in [7, 11) is 0. The van der Waals surface area contributed by atoms with Crippen LogP contribution in [-0.4, -0.2) is 23.3 Å². The number of benzene rings is 1. The largest absolute Gasteiger partial charge is 0.493 e. The van der Waals surface area contributed by atoms with E-state index < -0.39 is 5.97 Å². The molecule has 0 spiro atoms. The summed E-state index contributed by atoms with van der Waals surface area (Å²) in [4.78, 5) is 10.7. The molecule has 1 heterocycles. The molecule has 1 aliphatic heterocycles. The molecule has 1 N–H and O–H groups in total. The van der Waals surface area contributed by atoms with Crippen molar-refractivity contribution >= 4 is 5.97 Å². The van der Waals surface area contributed by atoms with Gasteiger partial charge < -0.3 is 14.6 Å². The maximum absolute atomic E-state index is 10.7. The number of carboxylic acids is 1. The average Bonchev–Trinajstić information content (AvgIpc) is 2.73. The van der Waals surface area contributed by atoms with Crippen LogP contribution in [-0.2, 0) is 11.2 Å². The van der Waals surface area contributed by atoms with Crippen molar-refractivity contribution in [1.29, 1.82) is 0 Å². The number of unbranched alkanes of at least 4 members (excludes halogenated alkanes) is 6. The van der Waals surface area contributed by atoms with Gasteiger partial charge in [-0.2, -0.15) is 0 Å². The molecule has 1 aromatic carbocycles. The van der Waals surface area contributed by atoms with Gasteiger partial charge in [0.05, 0.1) is 6.61 Å². The van der Waals surface area contributed by atoms with Crippen molar-refractivity contribution < 1.29 is 19.4 Å². The molecular formula is C27H42O4. The topological polar surface area (TPSA) is 55.8 Å². The highest BCUT2D eigenvalue weighted by Crippen LogP contribution is 2.44. The Balaban J connectivity index is 2.01. The van der Waals surface area contributed by atoms with E-state index in [9.17, 15) is 4.79 Å². The van der Waals surface area contributed by atoms with E-state index in [2.05, 4.69) is 46.8 Å². The maximum atomic E-state index is 10.7. The van der Waals surface area contributed by atoms with Crippen molar-refractivity contribution in [2.24, 2.45) is 0 Å². The van der Waals surface area contributed by atoms with Gasteiger partial charge in [0.2, 0.25) is 0 Å². The molecule has 1 aromatic rings. The Kier molecular flexibility index (Phi) is 9.93. The van der Waals surface area contributed by atoms with Gasteiger partial charge in [0.25, 0.3) is 0 Å². The smallest absolute Gasteiger partial charge is 0.303 e. The lowest BCUT2D eigenvalue weighted by Gasteiger charge is -2.36. The third-order valence-corrected chi connectivity index (χ3v) is 6.49. The van der Waals surface area contributed by atoms with Gasteiger partial charge in [0, 0.05) is 12.0 Å². The summed E-state index contributed by atoms with van der Waals surface area (Å²) in [5, 5.41) is 8.78. The minimum Gasteiger partial charge on any atom is -0.493 e. The number of carboxylic acid groups (broad SMARTS) is 1. The Bertz CT molecular complexity index is 765. The molecule has 0 radical (unpaired) electrons. The zero-order chi connectivity index (χ0) is 22.9. The van der Waals surface area contributed by atoms with Crippen LogP contribution in [0.3, 0.4) is 0 Å². The molecular weight excluding hydrogens is 388 g/mol. The zero-order valence-electron chi connectivity index (χ0n) is 20.3. The predicted molar refractivity (Wildman–Crippen MR) is 128 cm³/mol. The first-order chi connectivity index (χ1) is 14.8. The van der Waals surface area contributed by atoms with Gasteiger partial charge in [0.1, 0.15) is 17.1 Å². The zero-order valence-corrected chi connectivity index (χ0v) is 20.3. The molecule has 0 aliphatic carbocycles. The number of fused-ring (bicyclic) bond motifs is 1. The normalized spacial score (nSPS) is 18.1. The molecule has 0 bridgehead atoms. The van der Waals surface area contributed by atoms with E-state index in [1.165, 1.54) is 43.2 Å². The summed E-state index contributed by atoms with van der Waals surface area (Å²) in [6.07, 6.45) is 15.8. The van der Waals surface area contributed by atoms with E-state index in [1.807, 2.05) is 0 Å². The third kappa shape index (κ3) is 7.29. The highest BCUT2D eigenvalue weighted by molar-refractivity contribution is 5.66. The Morgan fingerprint density at radius 2 is 1.81 bits per heavy atom. The fourth-order valence-corrected chi connectivity index (χ4v) is 4.34. The van der Waals surface area contributed by atoms with E-state index in [-0.39, 0.29) is 12.0 Å². The predicted octanol–water partition coefficient (Wildman–Crippen LogP) is 7.25. The average molecular weight is 431 g/mol. The minimum absolute atomic E-state index is 0.198. The molecule has 4 heteroatoms. The van der Waals surface area contributed by atoms with Gasteiger partial charge in [-0.15, -0.1) is 0 Å². The maximum Gasteiger partial charge on any atom is 0.303 e. The summed E-state index contributed by atoms with van der Waals surface area (Å²) >= 11 is 0. The van der Waals surface area contributed by atoms with Crippen LogP contribution in [0.1, 0.15) is 100 Å². The summed E-state index contributed by atoms with van der Waals surface area (Å²) in [6.45, 7) is 11.3. The third-order valence-electron chi connectivity index (χ3n) is 6.49. The molecule has 0 saturated carbocycles. The summed E-state index contributed by atoms with van der Waals surface area (Å²) < 4.78 is 12.7. The van der Waals surface area contributed by atoms with Crippen molar-refractivity contribution in [2.45, 2.75) is 111 Å². The quantitative estimate of drug-likeness (QED) is 0.264. The molecule has 4 nitrogen and oxygen atoms in total. The Morgan fingerprint density at radius 3 is 2.52 bits per heavy atom. The Morgan fingerprint density at radius 1 is 1.06 bits per heavy atom. The summed E-state index contributed by atoms with van der Waals surface area (Å²) in [5.41, 5.74) is 4.45. The SMILES string of the molecule is CCCCCCCC=CC1(C)CCc2c(C)c(OCCCCC(=O)O)c(C)c(C)c2O1. The first-order valence-corrected chi connectivity index (χ1v) is 12.1. The molecule has 0 fully saturated rings. The number of hydrogen-bond acceptors (Lipinski definition) is 3. The summed E-state index contributed by atoms with van der Waals surface area (Å²) in [5.74, 6) is 1.22. The minimum atomic E-state index is -0.747. The van der Waals surface area contributed by atoms with E-state index >= 15 is 0 Å². The van der Waals surface area contributed by atoms with Gasteiger partial charge >= 0.3 is 5.97 Å². The van der Waals surface area contributed by atoms with Gasteiger partial charge in [-0.25, -0.2) is 0 Å². The number of allylic oxidation sites excluding steroid dienone is 1. The van der Waals surface area contributed by atoms with Crippen LogP contribution >= 0.6 is 0 Å². The Labute approximate surface area is 189 Å². The van der Waals surface area contributed by atoms with E-state index in [0.717, 1.165) is 48.3 Å². The molecule has 0 amide bonds. The first kappa shape index (κ1) is 25.3. The molecule has 0 saturated heterocycles. The second-order valence-corrected chi connectivity index (χ2v) is 9.23. The lowest BCUT2D eigenvalue weighted by atomic mass is 9.86. The van der Waals surface area contributed by atoms with Gasteiger partial charge in [-0.3, -0.25) is 4.79 Å². The van der Waals surface area contributed by atoms with E-state index in [1.54, 1.807) is 0 Å². The van der Waals surface area contributed by atoms with Crippen molar-refractivity contribution in [2.75, 3.05) is 6.61 Å². The van der Waals surface area contributed by atoms with E-state index in [4.69, 9.17) is 14.6 Å². The van der Waals surface area contributed by atoms with Crippen LogP contribution in [0, 0.1) is 20.8 Å². The molecule has 1 unspecified atom stereocenters. The van der Waals surface area contributed by atoms with Crippen LogP contribution < -0.4 is 9.47 Å². The highest BCUT2D eigenvalue weighted by Gasteiger charge is 2.32. The highest BCUT2D eigenvalue weighted by atomic mass is 16.5. The van der Waals surface area contributed by atoms with Crippen molar-refractivity contribution in [3.63, 3.8) is 0 Å². The molecule has 1 atom stereocenters. The van der Waals surface area contributed by atoms with Crippen LogP contribution in [0.15, 0.2) is 12.2 Å². The van der Waals surface area contributed by atoms with Crippen molar-refractivity contribution in [3.05, 3.63) is 34.4 Å². The van der Waals surface area contributed by atoms with Crippen molar-refractivity contribution in [1.82, 2.24) is 0 Å². The molecule has 174 valence electrons. The number of carbonyl (C=O) groups is 1. The van der Waals surface area contributed by atoms with Gasteiger partial charge in [-0.1, -0.05) is 38.7 Å². The monoisotopic (exact) mass is 430 g/mol.